The molecule has 0 unspecified atom stereocenters. The van der Waals surface area contributed by atoms with E-state index in [0.29, 0.717) is 11.2 Å². The van der Waals surface area contributed by atoms with Gasteiger partial charge in [0.15, 0.2) is 0 Å². The molecule has 0 aliphatic heterocycles. The summed E-state index contributed by atoms with van der Waals surface area (Å²) in [6, 6.07) is 14.2. The Morgan fingerprint density at radius 1 is 1.12 bits per heavy atom. The maximum absolute atomic E-state index is 12.8. The summed E-state index contributed by atoms with van der Waals surface area (Å²) in [4.78, 5) is 15.6. The molecule has 0 radical (unpaired) electrons. The van der Waals surface area contributed by atoms with E-state index in [9.17, 15) is 13.2 Å². The minimum absolute atomic E-state index is 0.123. The number of sulfonamides is 1. The third kappa shape index (κ3) is 3.17. The van der Waals surface area contributed by atoms with E-state index < -0.39 is 15.9 Å². The van der Waals surface area contributed by atoms with Crippen molar-refractivity contribution >= 4 is 32.5 Å². The fraction of sp³-hybridized carbons (Fsp3) is 0.0588. The number of aromatic nitrogens is 1. The number of nitrogens with zero attached hydrogens (tertiary/aromatic N) is 2. The van der Waals surface area contributed by atoms with E-state index in [1.807, 2.05) is 6.07 Å². The Kier molecular flexibility index (Phi) is 4.39. The highest BCUT2D eigenvalue weighted by Gasteiger charge is 2.22. The molecule has 0 atom stereocenters. The van der Waals surface area contributed by atoms with Crippen LogP contribution >= 0.6 is 0 Å². The molecular formula is C17H15N3O4S. The van der Waals surface area contributed by atoms with Gasteiger partial charge in [0, 0.05) is 24.2 Å². The fourth-order valence-electron chi connectivity index (χ4n) is 2.39. The molecule has 8 heteroatoms. The molecule has 1 heterocycles. The van der Waals surface area contributed by atoms with Gasteiger partial charge in [0.1, 0.15) is 0 Å². The standard InChI is InChI=1S/C17H15N3O4S/c1-20(14-7-4-13(5-8-14)17(21)19-22)25(23,24)15-9-6-12-3-2-10-18-16(12)11-15/h2-11,22H,1H3,(H,19,21). The molecule has 0 bridgehead atoms. The summed E-state index contributed by atoms with van der Waals surface area (Å²) in [6.45, 7) is 0. The van der Waals surface area contributed by atoms with Gasteiger partial charge in [0.25, 0.3) is 15.9 Å². The summed E-state index contributed by atoms with van der Waals surface area (Å²) < 4.78 is 26.8. The van der Waals surface area contributed by atoms with E-state index in [0.717, 1.165) is 9.69 Å². The molecule has 128 valence electrons. The van der Waals surface area contributed by atoms with Gasteiger partial charge in [0.05, 0.1) is 16.1 Å². The van der Waals surface area contributed by atoms with E-state index >= 15 is 0 Å². The number of hydrogen-bond acceptors (Lipinski definition) is 5. The molecule has 0 saturated carbocycles. The lowest BCUT2D eigenvalue weighted by atomic mass is 10.2. The normalized spacial score (nSPS) is 11.3. The molecule has 0 aliphatic carbocycles. The number of hydrogen-bond donors (Lipinski definition) is 2. The van der Waals surface area contributed by atoms with E-state index in [1.165, 1.54) is 48.9 Å². The van der Waals surface area contributed by atoms with Gasteiger partial charge in [-0.25, -0.2) is 13.9 Å². The van der Waals surface area contributed by atoms with Crippen molar-refractivity contribution in [2.24, 2.45) is 0 Å². The second kappa shape index (κ2) is 6.50. The number of benzene rings is 2. The molecule has 3 rings (SSSR count). The highest BCUT2D eigenvalue weighted by molar-refractivity contribution is 7.92. The third-order valence-corrected chi connectivity index (χ3v) is 5.61. The summed E-state index contributed by atoms with van der Waals surface area (Å²) in [5.41, 5.74) is 2.71. The minimum atomic E-state index is -3.78. The smallest absolute Gasteiger partial charge is 0.274 e. The Morgan fingerprint density at radius 2 is 1.84 bits per heavy atom. The predicted molar refractivity (Wildman–Crippen MR) is 93.0 cm³/mol. The Hall–Kier alpha value is -2.97. The average Bonchev–Trinajstić information content (AvgIpc) is 2.66. The molecule has 1 amide bonds. The van der Waals surface area contributed by atoms with E-state index in [-0.39, 0.29) is 10.5 Å². The van der Waals surface area contributed by atoms with Gasteiger partial charge in [-0.3, -0.25) is 19.3 Å². The molecule has 0 aliphatic rings. The zero-order valence-electron chi connectivity index (χ0n) is 13.2. The second-order valence-corrected chi connectivity index (χ2v) is 7.29. The molecule has 1 aromatic heterocycles. The van der Waals surface area contributed by atoms with Gasteiger partial charge in [-0.15, -0.1) is 0 Å². The quantitative estimate of drug-likeness (QED) is 0.551. The van der Waals surface area contributed by atoms with Crippen molar-refractivity contribution in [1.82, 2.24) is 10.5 Å². The summed E-state index contributed by atoms with van der Waals surface area (Å²) in [6.07, 6.45) is 1.60. The first kappa shape index (κ1) is 16.9. The van der Waals surface area contributed by atoms with Crippen LogP contribution in [0.3, 0.4) is 0 Å². The molecule has 2 aromatic carbocycles. The van der Waals surface area contributed by atoms with Crippen LogP contribution in [0.4, 0.5) is 5.69 Å². The third-order valence-electron chi connectivity index (χ3n) is 3.83. The minimum Gasteiger partial charge on any atom is -0.288 e. The summed E-state index contributed by atoms with van der Waals surface area (Å²) in [5.74, 6) is -0.669. The molecule has 3 aromatic rings. The van der Waals surface area contributed by atoms with Crippen LogP contribution in [0.1, 0.15) is 10.4 Å². The number of fused-ring (bicyclic) bond motifs is 1. The SMILES string of the molecule is CN(c1ccc(C(=O)NO)cc1)S(=O)(=O)c1ccc2cccnc2c1. The van der Waals surface area contributed by atoms with Crippen LogP contribution in [0.25, 0.3) is 10.9 Å². The fourth-order valence-corrected chi connectivity index (χ4v) is 3.61. The van der Waals surface area contributed by atoms with Crippen molar-refractivity contribution in [2.45, 2.75) is 4.90 Å². The van der Waals surface area contributed by atoms with Crippen molar-refractivity contribution < 1.29 is 18.4 Å². The lowest BCUT2D eigenvalue weighted by Gasteiger charge is -2.20. The number of anilines is 1. The zero-order chi connectivity index (χ0) is 18.0. The highest BCUT2D eigenvalue weighted by atomic mass is 32.2. The van der Waals surface area contributed by atoms with Gasteiger partial charge in [-0.05, 0) is 42.5 Å². The monoisotopic (exact) mass is 357 g/mol. The number of amides is 1. The van der Waals surface area contributed by atoms with Crippen LogP contribution in [0.5, 0.6) is 0 Å². The first-order valence-electron chi connectivity index (χ1n) is 7.32. The van der Waals surface area contributed by atoms with Gasteiger partial charge in [-0.1, -0.05) is 12.1 Å². The molecule has 25 heavy (non-hydrogen) atoms. The first-order chi connectivity index (χ1) is 11.9. The van der Waals surface area contributed by atoms with Crippen molar-refractivity contribution in [1.29, 1.82) is 0 Å². The topological polar surface area (TPSA) is 99.6 Å². The number of carbonyl (C=O) groups is 1. The van der Waals surface area contributed by atoms with E-state index in [4.69, 9.17) is 5.21 Å². The van der Waals surface area contributed by atoms with Gasteiger partial charge < -0.3 is 0 Å². The van der Waals surface area contributed by atoms with Gasteiger partial charge >= 0.3 is 0 Å². The largest absolute Gasteiger partial charge is 0.288 e. The maximum Gasteiger partial charge on any atom is 0.274 e. The Bertz CT molecular complexity index is 1030. The molecular weight excluding hydrogens is 342 g/mol. The summed E-state index contributed by atoms with van der Waals surface area (Å²) in [7, 11) is -2.35. The zero-order valence-corrected chi connectivity index (χ0v) is 14.1. The lowest BCUT2D eigenvalue weighted by molar-refractivity contribution is 0.0706. The average molecular weight is 357 g/mol. The number of hydroxylamine groups is 1. The van der Waals surface area contributed by atoms with Crippen LogP contribution in [0, 0.1) is 0 Å². The molecule has 0 saturated heterocycles. The van der Waals surface area contributed by atoms with Crippen LogP contribution in [-0.2, 0) is 10.0 Å². The maximum atomic E-state index is 12.8. The number of carbonyl (C=O) groups excluding carboxylic acids is 1. The highest BCUT2D eigenvalue weighted by Crippen LogP contribution is 2.24. The van der Waals surface area contributed by atoms with Gasteiger partial charge in [-0.2, -0.15) is 0 Å². The van der Waals surface area contributed by atoms with Crippen LogP contribution in [-0.4, -0.2) is 31.6 Å². The Balaban J connectivity index is 1.96. The Morgan fingerprint density at radius 3 is 2.52 bits per heavy atom. The van der Waals surface area contributed by atoms with Crippen molar-refractivity contribution in [3.8, 4) is 0 Å². The Labute approximate surface area is 144 Å². The van der Waals surface area contributed by atoms with Gasteiger partial charge in [0.2, 0.25) is 0 Å². The molecule has 2 N–H and O–H groups in total. The molecule has 0 spiro atoms. The molecule has 0 fully saturated rings. The second-order valence-electron chi connectivity index (χ2n) is 5.32. The van der Waals surface area contributed by atoms with Crippen LogP contribution < -0.4 is 9.79 Å². The van der Waals surface area contributed by atoms with E-state index in [2.05, 4.69) is 4.98 Å². The number of rotatable bonds is 4. The van der Waals surface area contributed by atoms with Crippen LogP contribution in [0.15, 0.2) is 65.7 Å². The summed E-state index contributed by atoms with van der Waals surface area (Å²) >= 11 is 0. The van der Waals surface area contributed by atoms with E-state index in [1.54, 1.807) is 18.3 Å². The first-order valence-corrected chi connectivity index (χ1v) is 8.76. The predicted octanol–water partition coefficient (Wildman–Crippen LogP) is 2.18. The number of nitrogens with one attached hydrogen (secondary N) is 1. The lowest BCUT2D eigenvalue weighted by Crippen LogP contribution is -2.26. The van der Waals surface area contributed by atoms with Crippen molar-refractivity contribution in [3.63, 3.8) is 0 Å². The molecule has 7 nitrogen and oxygen atoms in total. The van der Waals surface area contributed by atoms with Crippen LogP contribution in [0.2, 0.25) is 0 Å². The summed E-state index contributed by atoms with van der Waals surface area (Å²) in [5, 5.41) is 9.47. The number of pyridine rings is 1. The van der Waals surface area contributed by atoms with Crippen molar-refractivity contribution in [3.05, 3.63) is 66.4 Å². The van der Waals surface area contributed by atoms with Crippen molar-refractivity contribution in [2.75, 3.05) is 11.4 Å².